The Hall–Kier alpha value is -2.82. The number of methoxy groups -OCH3 is 1. The summed E-state index contributed by atoms with van der Waals surface area (Å²) >= 11 is 0. The number of aromatic nitrogens is 2. The first-order valence-corrected chi connectivity index (χ1v) is 7.52. The molecule has 2 aromatic carbocycles. The predicted molar refractivity (Wildman–Crippen MR) is 90.7 cm³/mol. The minimum atomic E-state index is -0.0362. The zero-order chi connectivity index (χ0) is 16.2. The fraction of sp³-hybridized carbons (Fsp3) is 0.222. The second kappa shape index (κ2) is 6.52. The summed E-state index contributed by atoms with van der Waals surface area (Å²) in [4.78, 5) is 12.1. The van der Waals surface area contributed by atoms with Crippen molar-refractivity contribution in [3.05, 3.63) is 54.2 Å². The molecular weight excluding hydrogens is 290 g/mol. The van der Waals surface area contributed by atoms with Crippen LogP contribution in [0.1, 0.15) is 12.0 Å². The molecule has 5 heteroatoms. The van der Waals surface area contributed by atoms with Gasteiger partial charge in [0.1, 0.15) is 5.75 Å². The molecule has 0 aliphatic carbocycles. The van der Waals surface area contributed by atoms with Crippen molar-refractivity contribution >= 4 is 22.5 Å². The molecular formula is C18H19N3O2. The summed E-state index contributed by atoms with van der Waals surface area (Å²) in [6.07, 6.45) is 2.21. The Labute approximate surface area is 134 Å². The van der Waals surface area contributed by atoms with E-state index in [1.54, 1.807) is 7.11 Å². The SMILES string of the molecule is COc1ccc(NC(=O)CCn2ncc3cc(C)ccc32)cc1. The molecule has 0 bridgehead atoms. The molecule has 1 N–H and O–H groups in total. The van der Waals surface area contributed by atoms with Gasteiger partial charge in [0.2, 0.25) is 5.91 Å². The Bertz CT molecular complexity index is 822. The third-order valence-corrected chi connectivity index (χ3v) is 3.72. The highest BCUT2D eigenvalue weighted by Gasteiger charge is 2.07. The van der Waals surface area contributed by atoms with Crippen LogP contribution in [0.25, 0.3) is 10.9 Å². The fourth-order valence-corrected chi connectivity index (χ4v) is 2.49. The zero-order valence-corrected chi connectivity index (χ0v) is 13.2. The molecule has 0 unspecified atom stereocenters. The number of carbonyl (C=O) groups excluding carboxylic acids is 1. The molecule has 0 saturated carbocycles. The van der Waals surface area contributed by atoms with Gasteiger partial charge in [-0.05, 0) is 43.3 Å². The van der Waals surface area contributed by atoms with Crippen LogP contribution in [-0.4, -0.2) is 22.8 Å². The summed E-state index contributed by atoms with van der Waals surface area (Å²) in [5.74, 6) is 0.729. The van der Waals surface area contributed by atoms with Gasteiger partial charge in [-0.25, -0.2) is 0 Å². The lowest BCUT2D eigenvalue weighted by Gasteiger charge is -2.07. The van der Waals surface area contributed by atoms with Gasteiger partial charge >= 0.3 is 0 Å². The molecule has 1 amide bonds. The number of amides is 1. The topological polar surface area (TPSA) is 56.1 Å². The molecule has 1 heterocycles. The first kappa shape index (κ1) is 15.1. The standard InChI is InChI=1S/C18H19N3O2/c1-13-3-8-17-14(11-13)12-19-21(17)10-9-18(22)20-15-4-6-16(23-2)7-5-15/h3-8,11-12H,9-10H2,1-2H3,(H,20,22). The van der Waals surface area contributed by atoms with Crippen LogP contribution in [0.2, 0.25) is 0 Å². The Morgan fingerprint density at radius 2 is 2.00 bits per heavy atom. The van der Waals surface area contributed by atoms with Crippen molar-refractivity contribution in [3.63, 3.8) is 0 Å². The number of carbonyl (C=O) groups is 1. The van der Waals surface area contributed by atoms with Crippen LogP contribution < -0.4 is 10.1 Å². The largest absolute Gasteiger partial charge is 0.497 e. The summed E-state index contributed by atoms with van der Waals surface area (Å²) < 4.78 is 6.96. The number of benzene rings is 2. The Balaban J connectivity index is 1.61. The second-order valence-corrected chi connectivity index (χ2v) is 5.46. The fourth-order valence-electron chi connectivity index (χ4n) is 2.49. The van der Waals surface area contributed by atoms with E-state index in [9.17, 15) is 4.79 Å². The molecule has 5 nitrogen and oxygen atoms in total. The lowest BCUT2D eigenvalue weighted by atomic mass is 10.2. The molecule has 23 heavy (non-hydrogen) atoms. The van der Waals surface area contributed by atoms with Gasteiger partial charge in [0.05, 0.1) is 25.4 Å². The van der Waals surface area contributed by atoms with Crippen molar-refractivity contribution in [2.75, 3.05) is 12.4 Å². The van der Waals surface area contributed by atoms with E-state index < -0.39 is 0 Å². The second-order valence-electron chi connectivity index (χ2n) is 5.46. The Kier molecular flexibility index (Phi) is 4.28. The monoisotopic (exact) mass is 309 g/mol. The third-order valence-electron chi connectivity index (χ3n) is 3.72. The number of anilines is 1. The normalized spacial score (nSPS) is 10.7. The van der Waals surface area contributed by atoms with E-state index in [-0.39, 0.29) is 5.91 Å². The van der Waals surface area contributed by atoms with Crippen molar-refractivity contribution in [1.29, 1.82) is 0 Å². The molecule has 0 fully saturated rings. The molecule has 1 aromatic heterocycles. The van der Waals surface area contributed by atoms with Gasteiger partial charge in [-0.3, -0.25) is 9.48 Å². The third kappa shape index (κ3) is 3.51. The van der Waals surface area contributed by atoms with Gasteiger partial charge in [-0.15, -0.1) is 0 Å². The van der Waals surface area contributed by atoms with Crippen LogP contribution in [0.3, 0.4) is 0 Å². The average Bonchev–Trinajstić information content (AvgIpc) is 2.95. The lowest BCUT2D eigenvalue weighted by molar-refractivity contribution is -0.116. The average molecular weight is 309 g/mol. The van der Waals surface area contributed by atoms with Crippen molar-refractivity contribution in [1.82, 2.24) is 9.78 Å². The van der Waals surface area contributed by atoms with Crippen LogP contribution in [-0.2, 0) is 11.3 Å². The molecule has 0 spiro atoms. The van der Waals surface area contributed by atoms with Crippen molar-refractivity contribution in [2.45, 2.75) is 19.9 Å². The van der Waals surface area contributed by atoms with Gasteiger partial charge in [0.15, 0.2) is 0 Å². The number of nitrogens with zero attached hydrogens (tertiary/aromatic N) is 2. The van der Waals surface area contributed by atoms with E-state index in [4.69, 9.17) is 4.74 Å². The zero-order valence-electron chi connectivity index (χ0n) is 13.2. The van der Waals surface area contributed by atoms with E-state index in [0.29, 0.717) is 13.0 Å². The minimum Gasteiger partial charge on any atom is -0.497 e. The number of rotatable bonds is 5. The van der Waals surface area contributed by atoms with E-state index in [0.717, 1.165) is 22.3 Å². The van der Waals surface area contributed by atoms with E-state index in [1.165, 1.54) is 5.56 Å². The van der Waals surface area contributed by atoms with Gasteiger partial charge in [0.25, 0.3) is 0 Å². The van der Waals surface area contributed by atoms with E-state index >= 15 is 0 Å². The number of hydrogen-bond acceptors (Lipinski definition) is 3. The number of ether oxygens (including phenoxy) is 1. The maximum absolute atomic E-state index is 12.1. The first-order valence-electron chi connectivity index (χ1n) is 7.52. The molecule has 3 rings (SSSR count). The highest BCUT2D eigenvalue weighted by Crippen LogP contribution is 2.17. The molecule has 0 aliphatic heterocycles. The number of hydrogen-bond donors (Lipinski definition) is 1. The lowest BCUT2D eigenvalue weighted by Crippen LogP contribution is -2.14. The Morgan fingerprint density at radius 1 is 1.22 bits per heavy atom. The molecule has 0 aliphatic rings. The van der Waals surface area contributed by atoms with E-state index in [2.05, 4.69) is 29.5 Å². The Morgan fingerprint density at radius 3 is 2.74 bits per heavy atom. The van der Waals surface area contributed by atoms with Gasteiger partial charge in [-0.1, -0.05) is 11.6 Å². The molecule has 3 aromatic rings. The number of fused-ring (bicyclic) bond motifs is 1. The number of nitrogens with one attached hydrogen (secondary N) is 1. The highest BCUT2D eigenvalue weighted by molar-refractivity contribution is 5.90. The smallest absolute Gasteiger partial charge is 0.226 e. The van der Waals surface area contributed by atoms with Crippen LogP contribution in [0, 0.1) is 6.92 Å². The summed E-state index contributed by atoms with van der Waals surface area (Å²) in [5, 5.41) is 8.33. The maximum Gasteiger partial charge on any atom is 0.226 e. The molecule has 118 valence electrons. The molecule has 0 saturated heterocycles. The van der Waals surface area contributed by atoms with Crippen molar-refractivity contribution in [2.24, 2.45) is 0 Å². The molecule has 0 radical (unpaired) electrons. The first-order chi connectivity index (χ1) is 11.2. The summed E-state index contributed by atoms with van der Waals surface area (Å²) in [5.41, 5.74) is 3.01. The van der Waals surface area contributed by atoms with Gasteiger partial charge < -0.3 is 10.1 Å². The molecule has 0 atom stereocenters. The number of aryl methyl sites for hydroxylation is 2. The van der Waals surface area contributed by atoms with Crippen molar-refractivity contribution < 1.29 is 9.53 Å². The van der Waals surface area contributed by atoms with Crippen LogP contribution in [0.5, 0.6) is 5.75 Å². The predicted octanol–water partition coefficient (Wildman–Crippen LogP) is 3.38. The highest BCUT2D eigenvalue weighted by atomic mass is 16.5. The van der Waals surface area contributed by atoms with Crippen LogP contribution in [0.4, 0.5) is 5.69 Å². The summed E-state index contributed by atoms with van der Waals surface area (Å²) in [6, 6.07) is 13.5. The van der Waals surface area contributed by atoms with Crippen LogP contribution >= 0.6 is 0 Å². The maximum atomic E-state index is 12.1. The van der Waals surface area contributed by atoms with E-state index in [1.807, 2.05) is 41.2 Å². The quantitative estimate of drug-likeness (QED) is 0.786. The minimum absolute atomic E-state index is 0.0362. The van der Waals surface area contributed by atoms with Gasteiger partial charge in [0, 0.05) is 17.5 Å². The summed E-state index contributed by atoms with van der Waals surface area (Å²) in [6.45, 7) is 2.60. The van der Waals surface area contributed by atoms with Gasteiger partial charge in [-0.2, -0.15) is 5.10 Å². The van der Waals surface area contributed by atoms with Crippen molar-refractivity contribution in [3.8, 4) is 5.75 Å². The van der Waals surface area contributed by atoms with Crippen LogP contribution in [0.15, 0.2) is 48.7 Å². The summed E-state index contributed by atoms with van der Waals surface area (Å²) in [7, 11) is 1.61.